The molecule has 0 fully saturated rings. The molecule has 0 bridgehead atoms. The van der Waals surface area contributed by atoms with Crippen molar-refractivity contribution in [2.24, 2.45) is 0 Å². The van der Waals surface area contributed by atoms with Crippen molar-refractivity contribution in [2.45, 2.75) is 0 Å². The molecule has 12 rings (SSSR count). The lowest BCUT2D eigenvalue weighted by Crippen LogP contribution is -2.00. The van der Waals surface area contributed by atoms with Crippen LogP contribution in [0.5, 0.6) is 0 Å². The maximum absolute atomic E-state index is 6.29. The van der Waals surface area contributed by atoms with E-state index in [1.54, 1.807) is 0 Å². The average molecular weight is 820 g/mol. The second kappa shape index (κ2) is 15.6. The summed E-state index contributed by atoms with van der Waals surface area (Å²) >= 11 is 0. The van der Waals surface area contributed by atoms with Crippen LogP contribution in [0, 0.1) is 0 Å². The third-order valence-corrected chi connectivity index (χ3v) is 11.9. The van der Waals surface area contributed by atoms with E-state index in [2.05, 4.69) is 162 Å². The molecule has 0 saturated heterocycles. The van der Waals surface area contributed by atoms with Crippen molar-refractivity contribution < 1.29 is 4.42 Å². The predicted octanol–water partition coefficient (Wildman–Crippen LogP) is 14.8. The van der Waals surface area contributed by atoms with Gasteiger partial charge in [0.1, 0.15) is 5.52 Å². The van der Waals surface area contributed by atoms with Gasteiger partial charge >= 0.3 is 6.01 Å². The lowest BCUT2D eigenvalue weighted by atomic mass is 9.95. The molecule has 0 radical (unpaired) electrons. The summed E-state index contributed by atoms with van der Waals surface area (Å²) in [6.45, 7) is 0. The summed E-state index contributed by atoms with van der Waals surface area (Å²) in [6, 6.07) is 78.4. The zero-order chi connectivity index (χ0) is 42.4. The fourth-order valence-corrected chi connectivity index (χ4v) is 8.73. The SMILES string of the molecule is c1ccc(-c2cc(-c3ccccc3)cc(-c3nc(-c4ccccc4)nc(-c4cccc(-c5cccc(-c6ccc7c(c6)c6ccccc6n7-c6nc7ccccc7o6)c5)c4)n3)c2)cc1. The summed E-state index contributed by atoms with van der Waals surface area (Å²) in [7, 11) is 0. The maximum Gasteiger partial charge on any atom is 0.307 e. The summed E-state index contributed by atoms with van der Waals surface area (Å²) in [6.07, 6.45) is 0. The highest BCUT2D eigenvalue weighted by Crippen LogP contribution is 2.38. The van der Waals surface area contributed by atoms with Crippen LogP contribution in [-0.4, -0.2) is 24.5 Å². The molecule has 64 heavy (non-hydrogen) atoms. The van der Waals surface area contributed by atoms with Gasteiger partial charge in [-0.05, 0) is 105 Å². The van der Waals surface area contributed by atoms with Gasteiger partial charge in [0.05, 0.1) is 11.0 Å². The van der Waals surface area contributed by atoms with Crippen molar-refractivity contribution in [1.82, 2.24) is 24.5 Å². The molecule has 3 heterocycles. The largest absolute Gasteiger partial charge is 0.423 e. The molecule has 0 spiro atoms. The molecule has 300 valence electrons. The summed E-state index contributed by atoms with van der Waals surface area (Å²) in [4.78, 5) is 20.3. The van der Waals surface area contributed by atoms with E-state index in [1.807, 2.05) is 66.7 Å². The molecule has 0 aliphatic heterocycles. The van der Waals surface area contributed by atoms with Crippen molar-refractivity contribution in [3.63, 3.8) is 0 Å². The number of aromatic nitrogens is 5. The first-order valence-corrected chi connectivity index (χ1v) is 21.4. The van der Waals surface area contributed by atoms with Gasteiger partial charge in [-0.3, -0.25) is 4.57 Å². The number of hydrogen-bond donors (Lipinski definition) is 0. The van der Waals surface area contributed by atoms with Crippen molar-refractivity contribution in [2.75, 3.05) is 0 Å². The van der Waals surface area contributed by atoms with Crippen LogP contribution in [-0.2, 0) is 0 Å². The van der Waals surface area contributed by atoms with Crippen molar-refractivity contribution in [1.29, 1.82) is 0 Å². The van der Waals surface area contributed by atoms with E-state index in [4.69, 9.17) is 24.4 Å². The summed E-state index contributed by atoms with van der Waals surface area (Å²) in [5.41, 5.74) is 15.2. The normalized spacial score (nSPS) is 11.4. The molecule has 6 nitrogen and oxygen atoms in total. The zero-order valence-electron chi connectivity index (χ0n) is 34.5. The van der Waals surface area contributed by atoms with Crippen molar-refractivity contribution in [3.8, 4) is 84.7 Å². The van der Waals surface area contributed by atoms with Gasteiger partial charge in [0.2, 0.25) is 0 Å². The molecule has 0 atom stereocenters. The number of hydrogen-bond acceptors (Lipinski definition) is 5. The van der Waals surface area contributed by atoms with Crippen molar-refractivity contribution in [3.05, 3.63) is 224 Å². The molecule has 12 aromatic rings. The van der Waals surface area contributed by atoms with Crippen LogP contribution in [0.25, 0.3) is 118 Å². The smallest absolute Gasteiger partial charge is 0.307 e. The molecule has 0 unspecified atom stereocenters. The standard InChI is InChI=1S/C58H37N5O/c1-4-16-38(17-5-1)46-34-47(39-18-6-2-7-19-39)36-48(35-46)57-61-55(40-20-8-3-9-21-40)60-56(62-57)45-25-15-24-43(33-45)41-22-14-23-42(32-41)44-30-31-53-50(37-44)49-26-10-12-28-52(49)63(53)58-59-51-27-11-13-29-54(51)64-58/h1-37H. The molecule has 0 saturated carbocycles. The van der Waals surface area contributed by atoms with Crippen LogP contribution >= 0.6 is 0 Å². The molecular weight excluding hydrogens is 783 g/mol. The molecule has 6 heteroatoms. The number of para-hydroxylation sites is 3. The highest BCUT2D eigenvalue weighted by atomic mass is 16.4. The number of benzene rings is 9. The van der Waals surface area contributed by atoms with E-state index in [0.29, 0.717) is 23.5 Å². The third-order valence-electron chi connectivity index (χ3n) is 11.9. The first-order chi connectivity index (χ1) is 31.7. The quantitative estimate of drug-likeness (QED) is 0.153. The molecule has 0 aliphatic carbocycles. The van der Waals surface area contributed by atoms with E-state index in [0.717, 1.165) is 94.1 Å². The van der Waals surface area contributed by atoms with Crippen LogP contribution in [0.3, 0.4) is 0 Å². The summed E-state index contributed by atoms with van der Waals surface area (Å²) < 4.78 is 8.41. The highest BCUT2D eigenvalue weighted by molar-refractivity contribution is 6.10. The van der Waals surface area contributed by atoms with Crippen LogP contribution < -0.4 is 0 Å². The molecule has 9 aromatic carbocycles. The number of oxazole rings is 1. The van der Waals surface area contributed by atoms with Gasteiger partial charge in [0, 0.05) is 27.5 Å². The predicted molar refractivity (Wildman–Crippen MR) is 260 cm³/mol. The topological polar surface area (TPSA) is 69.6 Å². The van der Waals surface area contributed by atoms with E-state index in [-0.39, 0.29) is 0 Å². The maximum atomic E-state index is 6.29. The Kier molecular flexibility index (Phi) is 9.05. The average Bonchev–Trinajstić information content (AvgIpc) is 3.96. The van der Waals surface area contributed by atoms with Gasteiger partial charge in [-0.15, -0.1) is 0 Å². The van der Waals surface area contributed by atoms with Gasteiger partial charge in [-0.1, -0.05) is 164 Å². The molecule has 0 N–H and O–H groups in total. The number of rotatable bonds is 8. The first kappa shape index (κ1) is 37.1. The van der Waals surface area contributed by atoms with Crippen LogP contribution in [0.15, 0.2) is 229 Å². The Morgan fingerprint density at radius 1 is 0.281 bits per heavy atom. The summed E-state index contributed by atoms with van der Waals surface area (Å²) in [5.74, 6) is 1.83. The lowest BCUT2D eigenvalue weighted by Gasteiger charge is -2.13. The minimum absolute atomic E-state index is 0.556. The Morgan fingerprint density at radius 3 is 1.39 bits per heavy atom. The van der Waals surface area contributed by atoms with Gasteiger partial charge in [0.25, 0.3) is 0 Å². The van der Waals surface area contributed by atoms with Crippen LogP contribution in [0.1, 0.15) is 0 Å². The second-order valence-electron chi connectivity index (χ2n) is 15.9. The Morgan fingerprint density at radius 2 is 0.734 bits per heavy atom. The monoisotopic (exact) mass is 819 g/mol. The van der Waals surface area contributed by atoms with E-state index in [9.17, 15) is 0 Å². The van der Waals surface area contributed by atoms with Gasteiger partial charge in [0.15, 0.2) is 23.1 Å². The van der Waals surface area contributed by atoms with Gasteiger partial charge in [-0.25, -0.2) is 15.0 Å². The van der Waals surface area contributed by atoms with Crippen LogP contribution in [0.4, 0.5) is 0 Å². The molecule has 3 aromatic heterocycles. The lowest BCUT2D eigenvalue weighted by molar-refractivity contribution is 0.574. The fraction of sp³-hybridized carbons (Fsp3) is 0. The second-order valence-corrected chi connectivity index (χ2v) is 15.9. The third kappa shape index (κ3) is 6.80. The Labute approximate surface area is 369 Å². The van der Waals surface area contributed by atoms with E-state index < -0.39 is 0 Å². The summed E-state index contributed by atoms with van der Waals surface area (Å²) in [5, 5.41) is 2.27. The first-order valence-electron chi connectivity index (χ1n) is 21.4. The van der Waals surface area contributed by atoms with Crippen molar-refractivity contribution >= 4 is 32.9 Å². The highest BCUT2D eigenvalue weighted by Gasteiger charge is 2.19. The Bertz CT molecular complexity index is 3580. The zero-order valence-corrected chi connectivity index (χ0v) is 34.5. The molecule has 0 amide bonds. The minimum atomic E-state index is 0.556. The van der Waals surface area contributed by atoms with Gasteiger partial charge in [-0.2, -0.15) is 4.98 Å². The minimum Gasteiger partial charge on any atom is -0.423 e. The van der Waals surface area contributed by atoms with Crippen LogP contribution in [0.2, 0.25) is 0 Å². The number of nitrogens with zero attached hydrogens (tertiary/aromatic N) is 5. The molecular formula is C58H37N5O. The fourth-order valence-electron chi connectivity index (χ4n) is 8.73. The Balaban J connectivity index is 0.946. The van der Waals surface area contributed by atoms with E-state index in [1.165, 1.54) is 0 Å². The molecule has 0 aliphatic rings. The number of fused-ring (bicyclic) bond motifs is 4. The Hall–Kier alpha value is -8.74. The van der Waals surface area contributed by atoms with E-state index >= 15 is 0 Å². The van der Waals surface area contributed by atoms with Gasteiger partial charge < -0.3 is 4.42 Å².